The van der Waals surface area contributed by atoms with Gasteiger partial charge in [-0.25, -0.2) is 0 Å². The highest BCUT2D eigenvalue weighted by atomic mass is 16.5. The van der Waals surface area contributed by atoms with Crippen LogP contribution >= 0.6 is 0 Å². The van der Waals surface area contributed by atoms with Gasteiger partial charge in [-0.05, 0) is 41.0 Å². The number of rotatable bonds is 7. The number of hydrogen-bond donors (Lipinski definition) is 2. The molecule has 0 spiro atoms. The van der Waals surface area contributed by atoms with Crippen LogP contribution in [0.15, 0.2) is 66.7 Å². The number of ether oxygens (including phenoxy) is 1. The Morgan fingerprint density at radius 3 is 2.41 bits per heavy atom. The third-order valence-corrected chi connectivity index (χ3v) is 5.97. The van der Waals surface area contributed by atoms with E-state index in [1.165, 1.54) is 0 Å². The average Bonchev–Trinajstić information content (AvgIpc) is 2.88. The number of morpholine rings is 1. The number of amides is 3. The number of benzene rings is 3. The van der Waals surface area contributed by atoms with E-state index >= 15 is 0 Å². The lowest BCUT2D eigenvalue weighted by molar-refractivity contribution is -0.128. The third kappa shape index (κ3) is 5.80. The standard InChI is InChI=1S/C27H29N3O4/c1-19(29-25(31)17-23-7-4-6-21-5-2-3-8-24(21)23)26(32)28-18-20-9-11-22(12-10-20)27(33)30-13-15-34-16-14-30/h2-12,19H,13-18H2,1H3,(H,28,32)(H,29,31). The number of carbonyl (C=O) groups excluding carboxylic acids is 3. The van der Waals surface area contributed by atoms with Gasteiger partial charge in [-0.3, -0.25) is 14.4 Å². The van der Waals surface area contributed by atoms with Crippen LogP contribution in [0, 0.1) is 0 Å². The Hall–Kier alpha value is -3.71. The number of nitrogens with one attached hydrogen (secondary N) is 2. The van der Waals surface area contributed by atoms with Gasteiger partial charge in [0.15, 0.2) is 0 Å². The molecule has 1 atom stereocenters. The fraction of sp³-hybridized carbons (Fsp3) is 0.296. The Labute approximate surface area is 199 Å². The molecule has 7 nitrogen and oxygen atoms in total. The van der Waals surface area contributed by atoms with Crippen molar-refractivity contribution in [2.45, 2.75) is 25.9 Å². The zero-order valence-corrected chi connectivity index (χ0v) is 19.3. The molecule has 1 heterocycles. The second-order valence-electron chi connectivity index (χ2n) is 8.42. The van der Waals surface area contributed by atoms with E-state index in [0.29, 0.717) is 38.4 Å². The maximum absolute atomic E-state index is 12.5. The Balaban J connectivity index is 1.26. The van der Waals surface area contributed by atoms with E-state index in [-0.39, 0.29) is 24.1 Å². The average molecular weight is 460 g/mol. The van der Waals surface area contributed by atoms with Gasteiger partial charge in [0.25, 0.3) is 5.91 Å². The summed E-state index contributed by atoms with van der Waals surface area (Å²) in [5, 5.41) is 7.74. The van der Waals surface area contributed by atoms with Crippen molar-refractivity contribution in [2.24, 2.45) is 0 Å². The molecule has 0 bridgehead atoms. The van der Waals surface area contributed by atoms with Gasteiger partial charge in [0.1, 0.15) is 6.04 Å². The van der Waals surface area contributed by atoms with Crippen molar-refractivity contribution in [2.75, 3.05) is 26.3 Å². The van der Waals surface area contributed by atoms with Crippen LogP contribution in [0.25, 0.3) is 10.8 Å². The summed E-state index contributed by atoms with van der Waals surface area (Å²) in [5.41, 5.74) is 2.42. The summed E-state index contributed by atoms with van der Waals surface area (Å²) in [7, 11) is 0. The highest BCUT2D eigenvalue weighted by Crippen LogP contribution is 2.19. The SMILES string of the molecule is CC(NC(=O)Cc1cccc2ccccc12)C(=O)NCc1ccc(C(=O)N2CCOCC2)cc1. The highest BCUT2D eigenvalue weighted by Gasteiger charge is 2.19. The second kappa shape index (κ2) is 10.9. The molecule has 1 aliphatic heterocycles. The number of hydrogen-bond acceptors (Lipinski definition) is 4. The van der Waals surface area contributed by atoms with Crippen molar-refractivity contribution in [3.8, 4) is 0 Å². The molecule has 3 aromatic rings. The van der Waals surface area contributed by atoms with Crippen molar-refractivity contribution in [3.63, 3.8) is 0 Å². The molecule has 1 aliphatic rings. The summed E-state index contributed by atoms with van der Waals surface area (Å²) < 4.78 is 5.29. The molecule has 7 heteroatoms. The Morgan fingerprint density at radius 1 is 0.941 bits per heavy atom. The maximum Gasteiger partial charge on any atom is 0.254 e. The van der Waals surface area contributed by atoms with Crippen molar-refractivity contribution < 1.29 is 19.1 Å². The molecule has 34 heavy (non-hydrogen) atoms. The minimum absolute atomic E-state index is 0.0126. The van der Waals surface area contributed by atoms with Gasteiger partial charge in [0, 0.05) is 25.2 Å². The van der Waals surface area contributed by atoms with Crippen LogP contribution in [0.5, 0.6) is 0 Å². The largest absolute Gasteiger partial charge is 0.378 e. The van der Waals surface area contributed by atoms with Gasteiger partial charge in [0.2, 0.25) is 11.8 Å². The van der Waals surface area contributed by atoms with Crippen LogP contribution in [-0.2, 0) is 27.3 Å². The molecule has 1 saturated heterocycles. The van der Waals surface area contributed by atoms with Crippen LogP contribution in [0.2, 0.25) is 0 Å². The van der Waals surface area contributed by atoms with Crippen molar-refractivity contribution in [3.05, 3.63) is 83.4 Å². The third-order valence-electron chi connectivity index (χ3n) is 5.97. The summed E-state index contributed by atoms with van der Waals surface area (Å²) >= 11 is 0. The van der Waals surface area contributed by atoms with E-state index in [2.05, 4.69) is 10.6 Å². The van der Waals surface area contributed by atoms with Gasteiger partial charge in [-0.2, -0.15) is 0 Å². The molecular weight excluding hydrogens is 430 g/mol. The Bertz CT molecular complexity index is 1160. The van der Waals surface area contributed by atoms with Gasteiger partial charge < -0.3 is 20.3 Å². The van der Waals surface area contributed by atoms with E-state index in [1.54, 1.807) is 24.0 Å². The second-order valence-corrected chi connectivity index (χ2v) is 8.42. The first-order chi connectivity index (χ1) is 16.5. The summed E-state index contributed by atoms with van der Waals surface area (Å²) in [5.74, 6) is -0.480. The number of fused-ring (bicyclic) bond motifs is 1. The van der Waals surface area contributed by atoms with E-state index in [1.807, 2.05) is 54.6 Å². The van der Waals surface area contributed by atoms with E-state index in [9.17, 15) is 14.4 Å². The fourth-order valence-electron chi connectivity index (χ4n) is 4.03. The first-order valence-corrected chi connectivity index (χ1v) is 11.5. The van der Waals surface area contributed by atoms with Crippen molar-refractivity contribution in [1.82, 2.24) is 15.5 Å². The summed E-state index contributed by atoms with van der Waals surface area (Å²) in [6.07, 6.45) is 0.206. The molecule has 2 N–H and O–H groups in total. The van der Waals surface area contributed by atoms with Crippen molar-refractivity contribution >= 4 is 28.5 Å². The molecule has 0 radical (unpaired) electrons. The lowest BCUT2D eigenvalue weighted by atomic mass is 10.0. The molecule has 3 aromatic carbocycles. The quantitative estimate of drug-likeness (QED) is 0.569. The predicted octanol–water partition coefficient (Wildman–Crippen LogP) is 2.68. The van der Waals surface area contributed by atoms with Crippen molar-refractivity contribution in [1.29, 1.82) is 0 Å². The molecule has 4 rings (SSSR count). The number of nitrogens with zero attached hydrogens (tertiary/aromatic N) is 1. The minimum Gasteiger partial charge on any atom is -0.378 e. The lowest BCUT2D eigenvalue weighted by Gasteiger charge is -2.26. The normalized spacial score (nSPS) is 14.4. The van der Waals surface area contributed by atoms with E-state index in [4.69, 9.17) is 4.74 Å². The van der Waals surface area contributed by atoms with E-state index in [0.717, 1.165) is 21.9 Å². The maximum atomic E-state index is 12.5. The zero-order chi connectivity index (χ0) is 23.9. The predicted molar refractivity (Wildman–Crippen MR) is 130 cm³/mol. The molecule has 3 amide bonds. The molecule has 0 saturated carbocycles. The lowest BCUT2D eigenvalue weighted by Crippen LogP contribution is -2.45. The van der Waals surface area contributed by atoms with Gasteiger partial charge in [0.05, 0.1) is 19.6 Å². The van der Waals surface area contributed by atoms with Gasteiger partial charge in [-0.1, -0.05) is 54.6 Å². The van der Waals surface area contributed by atoms with Crippen LogP contribution in [0.1, 0.15) is 28.4 Å². The molecule has 176 valence electrons. The van der Waals surface area contributed by atoms with Crippen LogP contribution in [0.3, 0.4) is 0 Å². The smallest absolute Gasteiger partial charge is 0.254 e. The van der Waals surface area contributed by atoms with E-state index < -0.39 is 6.04 Å². The summed E-state index contributed by atoms with van der Waals surface area (Å²) in [6.45, 7) is 4.30. The topological polar surface area (TPSA) is 87.7 Å². The van der Waals surface area contributed by atoms with Crippen LogP contribution in [0.4, 0.5) is 0 Å². The molecular formula is C27H29N3O4. The Kier molecular flexibility index (Phi) is 7.54. The molecule has 1 unspecified atom stereocenters. The minimum atomic E-state index is -0.662. The Morgan fingerprint density at radius 2 is 1.65 bits per heavy atom. The summed E-state index contributed by atoms with van der Waals surface area (Å²) in [6, 6.07) is 20.3. The van der Waals surface area contributed by atoms with Gasteiger partial charge >= 0.3 is 0 Å². The molecule has 0 aromatic heterocycles. The summed E-state index contributed by atoms with van der Waals surface area (Å²) in [4.78, 5) is 39.4. The molecule has 1 fully saturated rings. The molecule has 0 aliphatic carbocycles. The monoisotopic (exact) mass is 459 g/mol. The first kappa shape index (κ1) is 23.4. The van der Waals surface area contributed by atoms with Gasteiger partial charge in [-0.15, -0.1) is 0 Å². The van der Waals surface area contributed by atoms with Crippen LogP contribution < -0.4 is 10.6 Å². The van der Waals surface area contributed by atoms with Crippen LogP contribution in [-0.4, -0.2) is 55.0 Å². The first-order valence-electron chi connectivity index (χ1n) is 11.5. The number of carbonyl (C=O) groups is 3. The fourth-order valence-corrected chi connectivity index (χ4v) is 4.03. The zero-order valence-electron chi connectivity index (χ0n) is 19.3. The highest BCUT2D eigenvalue weighted by molar-refractivity contribution is 5.94.